The Balaban J connectivity index is 1.52. The lowest BCUT2D eigenvalue weighted by atomic mass is 9.95. The third-order valence-electron chi connectivity index (χ3n) is 6.40. The molecule has 3 N–H and O–H groups in total. The first-order valence-corrected chi connectivity index (χ1v) is 11.5. The SMILES string of the molecule is Cc1ccccc1-c1ccc2nc(N)c(C[C@@H](C)C(=O)NC3C[C@@H](C)O[C@H](C)C3)cc2c1. The number of nitrogens with one attached hydrogen (secondary N) is 1. The summed E-state index contributed by atoms with van der Waals surface area (Å²) in [5, 5.41) is 4.25. The molecule has 1 fully saturated rings. The number of carbonyl (C=O) groups excluding carboxylic acids is 1. The molecule has 0 saturated carbocycles. The maximum Gasteiger partial charge on any atom is 0.223 e. The molecule has 4 rings (SSSR count). The Morgan fingerprint density at radius 3 is 2.59 bits per heavy atom. The summed E-state index contributed by atoms with van der Waals surface area (Å²) in [4.78, 5) is 17.5. The van der Waals surface area contributed by atoms with Gasteiger partial charge in [-0.1, -0.05) is 37.3 Å². The molecule has 2 heterocycles. The van der Waals surface area contributed by atoms with E-state index in [1.165, 1.54) is 11.1 Å². The number of nitrogens with zero attached hydrogens (tertiary/aromatic N) is 1. The Bertz CT molecular complexity index is 1120. The lowest BCUT2D eigenvalue weighted by Gasteiger charge is -2.33. The van der Waals surface area contributed by atoms with Crippen molar-refractivity contribution in [2.45, 2.75) is 65.2 Å². The smallest absolute Gasteiger partial charge is 0.223 e. The molecule has 0 aliphatic carbocycles. The van der Waals surface area contributed by atoms with Gasteiger partial charge in [0.05, 0.1) is 17.7 Å². The molecule has 5 heteroatoms. The van der Waals surface area contributed by atoms with E-state index in [1.54, 1.807) is 0 Å². The van der Waals surface area contributed by atoms with Crippen LogP contribution in [0.15, 0.2) is 48.5 Å². The zero-order chi connectivity index (χ0) is 22.8. The maximum absolute atomic E-state index is 12.9. The molecule has 168 valence electrons. The van der Waals surface area contributed by atoms with Crippen molar-refractivity contribution in [1.82, 2.24) is 10.3 Å². The minimum Gasteiger partial charge on any atom is -0.383 e. The number of anilines is 1. The van der Waals surface area contributed by atoms with E-state index < -0.39 is 0 Å². The molecule has 1 aliphatic rings. The van der Waals surface area contributed by atoms with Gasteiger partial charge in [0, 0.05) is 17.3 Å². The first kappa shape index (κ1) is 22.3. The van der Waals surface area contributed by atoms with Crippen LogP contribution >= 0.6 is 0 Å². The van der Waals surface area contributed by atoms with Gasteiger partial charge in [0.25, 0.3) is 0 Å². The number of hydrogen-bond acceptors (Lipinski definition) is 4. The van der Waals surface area contributed by atoms with Crippen molar-refractivity contribution < 1.29 is 9.53 Å². The van der Waals surface area contributed by atoms with Crippen molar-refractivity contribution in [2.75, 3.05) is 5.73 Å². The van der Waals surface area contributed by atoms with Crippen molar-refractivity contribution in [2.24, 2.45) is 5.92 Å². The second kappa shape index (κ2) is 9.29. The van der Waals surface area contributed by atoms with Gasteiger partial charge in [-0.2, -0.15) is 0 Å². The number of fused-ring (bicyclic) bond motifs is 1. The first-order chi connectivity index (χ1) is 15.3. The van der Waals surface area contributed by atoms with Crippen LogP contribution in [0.1, 0.15) is 44.7 Å². The molecule has 0 radical (unpaired) electrons. The zero-order valence-corrected chi connectivity index (χ0v) is 19.4. The second-order valence-corrected chi connectivity index (χ2v) is 9.29. The van der Waals surface area contributed by atoms with Gasteiger partial charge in [0.15, 0.2) is 0 Å². The third-order valence-corrected chi connectivity index (χ3v) is 6.40. The summed E-state index contributed by atoms with van der Waals surface area (Å²) < 4.78 is 5.78. The molecule has 1 aromatic heterocycles. The second-order valence-electron chi connectivity index (χ2n) is 9.29. The molecule has 2 aromatic carbocycles. The molecule has 0 spiro atoms. The quantitative estimate of drug-likeness (QED) is 0.593. The summed E-state index contributed by atoms with van der Waals surface area (Å²) in [7, 11) is 0. The Morgan fingerprint density at radius 1 is 1.16 bits per heavy atom. The highest BCUT2D eigenvalue weighted by Gasteiger charge is 2.27. The summed E-state index contributed by atoms with van der Waals surface area (Å²) in [6.45, 7) is 8.19. The van der Waals surface area contributed by atoms with Gasteiger partial charge in [-0.15, -0.1) is 0 Å². The zero-order valence-electron chi connectivity index (χ0n) is 19.4. The molecule has 1 aliphatic heterocycles. The highest BCUT2D eigenvalue weighted by Crippen LogP contribution is 2.29. The van der Waals surface area contributed by atoms with E-state index in [1.807, 2.05) is 19.1 Å². The first-order valence-electron chi connectivity index (χ1n) is 11.5. The summed E-state index contributed by atoms with van der Waals surface area (Å²) >= 11 is 0. The van der Waals surface area contributed by atoms with E-state index in [4.69, 9.17) is 10.5 Å². The number of hydrogen-bond donors (Lipinski definition) is 2. The number of rotatable bonds is 5. The Kier molecular flexibility index (Phi) is 6.47. The number of pyridine rings is 1. The number of nitrogen functional groups attached to an aromatic ring is 1. The number of aromatic nitrogens is 1. The number of benzene rings is 2. The maximum atomic E-state index is 12.9. The average Bonchev–Trinajstić information content (AvgIpc) is 2.73. The Morgan fingerprint density at radius 2 is 1.88 bits per heavy atom. The lowest BCUT2D eigenvalue weighted by Crippen LogP contribution is -2.45. The van der Waals surface area contributed by atoms with Gasteiger partial charge in [0.2, 0.25) is 5.91 Å². The Hall–Kier alpha value is -2.92. The lowest BCUT2D eigenvalue weighted by molar-refractivity contribution is -0.126. The Labute approximate surface area is 190 Å². The number of nitrogens with two attached hydrogens (primary N) is 1. The molecule has 3 atom stereocenters. The van der Waals surface area contributed by atoms with Crippen molar-refractivity contribution in [3.05, 3.63) is 59.7 Å². The molecular formula is C27H33N3O2. The van der Waals surface area contributed by atoms with Crippen LogP contribution in [-0.4, -0.2) is 29.1 Å². The topological polar surface area (TPSA) is 77.2 Å². The van der Waals surface area contributed by atoms with E-state index in [0.29, 0.717) is 12.2 Å². The monoisotopic (exact) mass is 431 g/mol. The standard InChI is InChI=1S/C27H33N3O2/c1-16-7-5-6-8-24(16)20-9-10-25-21(14-20)15-22(26(28)30-25)11-17(2)27(31)29-23-12-18(3)32-19(4)13-23/h5-10,14-15,17-19,23H,11-13H2,1-4H3,(H2,28,30)(H,29,31)/t17-,18-,19-/m1/s1. The predicted molar refractivity (Wildman–Crippen MR) is 130 cm³/mol. The van der Waals surface area contributed by atoms with Crippen LogP contribution in [0, 0.1) is 12.8 Å². The third kappa shape index (κ3) is 4.94. The molecule has 0 bridgehead atoms. The number of aryl methyl sites for hydroxylation is 1. The van der Waals surface area contributed by atoms with Gasteiger partial charge >= 0.3 is 0 Å². The van der Waals surface area contributed by atoms with Gasteiger partial charge in [0.1, 0.15) is 5.82 Å². The van der Waals surface area contributed by atoms with E-state index in [0.717, 1.165) is 34.9 Å². The van der Waals surface area contributed by atoms with Crippen LogP contribution in [0.4, 0.5) is 5.82 Å². The van der Waals surface area contributed by atoms with E-state index in [-0.39, 0.29) is 30.1 Å². The molecule has 0 unspecified atom stereocenters. The van der Waals surface area contributed by atoms with Crippen LogP contribution in [0.25, 0.3) is 22.0 Å². The van der Waals surface area contributed by atoms with Crippen molar-refractivity contribution in [3.63, 3.8) is 0 Å². The predicted octanol–water partition coefficient (Wildman–Crippen LogP) is 5.04. The van der Waals surface area contributed by atoms with Crippen LogP contribution < -0.4 is 11.1 Å². The highest BCUT2D eigenvalue weighted by molar-refractivity contribution is 5.87. The fourth-order valence-electron chi connectivity index (χ4n) is 4.75. The van der Waals surface area contributed by atoms with Crippen molar-refractivity contribution >= 4 is 22.6 Å². The molecule has 3 aromatic rings. The summed E-state index contributed by atoms with van der Waals surface area (Å²) in [6, 6.07) is 16.9. The van der Waals surface area contributed by atoms with E-state index in [9.17, 15) is 4.79 Å². The van der Waals surface area contributed by atoms with Crippen LogP contribution in [0.2, 0.25) is 0 Å². The van der Waals surface area contributed by atoms with Gasteiger partial charge < -0.3 is 15.8 Å². The number of carbonyl (C=O) groups is 1. The van der Waals surface area contributed by atoms with Crippen LogP contribution in [-0.2, 0) is 16.0 Å². The minimum absolute atomic E-state index is 0.0597. The molecule has 5 nitrogen and oxygen atoms in total. The average molecular weight is 432 g/mol. The normalized spacial score (nSPS) is 21.9. The summed E-state index contributed by atoms with van der Waals surface area (Å²) in [5.41, 5.74) is 11.6. The number of ether oxygens (including phenoxy) is 1. The van der Waals surface area contributed by atoms with Crippen LogP contribution in [0.3, 0.4) is 0 Å². The molecule has 32 heavy (non-hydrogen) atoms. The van der Waals surface area contributed by atoms with Crippen molar-refractivity contribution in [3.8, 4) is 11.1 Å². The van der Waals surface area contributed by atoms with Gasteiger partial charge in [-0.3, -0.25) is 4.79 Å². The number of amides is 1. The highest BCUT2D eigenvalue weighted by atomic mass is 16.5. The van der Waals surface area contributed by atoms with E-state index >= 15 is 0 Å². The minimum atomic E-state index is -0.190. The van der Waals surface area contributed by atoms with E-state index in [2.05, 4.69) is 67.5 Å². The molecular weight excluding hydrogens is 398 g/mol. The molecule has 1 saturated heterocycles. The van der Waals surface area contributed by atoms with Crippen LogP contribution in [0.5, 0.6) is 0 Å². The summed E-state index contributed by atoms with van der Waals surface area (Å²) in [6.07, 6.45) is 2.60. The largest absolute Gasteiger partial charge is 0.383 e. The summed E-state index contributed by atoms with van der Waals surface area (Å²) in [5.74, 6) is 0.364. The van der Waals surface area contributed by atoms with Gasteiger partial charge in [-0.25, -0.2) is 4.98 Å². The van der Waals surface area contributed by atoms with Crippen molar-refractivity contribution in [1.29, 1.82) is 0 Å². The fourth-order valence-corrected chi connectivity index (χ4v) is 4.75. The molecule has 1 amide bonds. The fraction of sp³-hybridized carbons (Fsp3) is 0.407. The van der Waals surface area contributed by atoms with Gasteiger partial charge in [-0.05, 0) is 80.5 Å².